The maximum atomic E-state index is 12.6. The van der Waals surface area contributed by atoms with Gasteiger partial charge >= 0.3 is 25.7 Å². The van der Waals surface area contributed by atoms with Crippen molar-refractivity contribution in [2.24, 2.45) is 5.73 Å². The van der Waals surface area contributed by atoms with Crippen molar-refractivity contribution in [1.29, 1.82) is 0 Å². The minimum absolute atomic E-state index is 0.154. The molecule has 12 heteroatoms. The molecule has 3 atom stereocenters. The Balaban J connectivity index is 4.14. The molecule has 58 heavy (non-hydrogen) atoms. The monoisotopic (exact) mass is 846 g/mol. The summed E-state index contributed by atoms with van der Waals surface area (Å²) in [7, 11) is -4.71. The molecule has 0 heterocycles. The fraction of sp³-hybridized carbons (Fsp3) is 0.891. The quantitative estimate of drug-likeness (QED) is 0.0230. The van der Waals surface area contributed by atoms with Crippen LogP contribution in [0, 0.1) is 0 Å². The van der Waals surface area contributed by atoms with Crippen LogP contribution in [0.5, 0.6) is 0 Å². The predicted octanol–water partition coefficient (Wildman–Crippen LogP) is 12.8. The molecule has 0 aromatic rings. The molecule has 0 spiro atoms. The minimum Gasteiger partial charge on any atom is -0.480 e. The third-order valence-corrected chi connectivity index (χ3v) is 11.5. The molecule has 0 rings (SSSR count). The number of phosphoric acid groups is 1. The van der Waals surface area contributed by atoms with Gasteiger partial charge in [0.25, 0.3) is 0 Å². The van der Waals surface area contributed by atoms with Gasteiger partial charge < -0.3 is 25.2 Å². The summed E-state index contributed by atoms with van der Waals surface area (Å²) >= 11 is 0. The Morgan fingerprint density at radius 3 is 1.31 bits per heavy atom. The highest BCUT2D eigenvalue weighted by molar-refractivity contribution is 7.47. The molecule has 0 aliphatic heterocycles. The molecule has 3 unspecified atom stereocenters. The summed E-state index contributed by atoms with van der Waals surface area (Å²) in [6.07, 6.45) is 42.9. The van der Waals surface area contributed by atoms with Crippen LogP contribution in [0.3, 0.4) is 0 Å². The van der Waals surface area contributed by atoms with Crippen LogP contribution in [0.2, 0.25) is 0 Å². The second-order valence-electron chi connectivity index (χ2n) is 16.2. The Morgan fingerprint density at radius 2 is 0.879 bits per heavy atom. The third kappa shape index (κ3) is 41.0. The number of phosphoric ester groups is 1. The lowest BCUT2D eigenvalue weighted by Crippen LogP contribution is -2.34. The molecule has 0 radical (unpaired) electrons. The summed E-state index contributed by atoms with van der Waals surface area (Å²) in [4.78, 5) is 45.9. The zero-order chi connectivity index (χ0) is 42.8. The molecule has 0 aliphatic carbocycles. The molecule has 4 N–H and O–H groups in total. The maximum Gasteiger partial charge on any atom is 0.472 e. The van der Waals surface area contributed by atoms with Gasteiger partial charge in [-0.3, -0.25) is 23.4 Å². The van der Waals surface area contributed by atoms with Gasteiger partial charge in [-0.15, -0.1) is 0 Å². The van der Waals surface area contributed by atoms with Crippen molar-refractivity contribution in [2.45, 2.75) is 244 Å². The first kappa shape index (κ1) is 56.2. The zero-order valence-corrected chi connectivity index (χ0v) is 38.1. The first-order valence-electron chi connectivity index (χ1n) is 23.7. The van der Waals surface area contributed by atoms with Crippen molar-refractivity contribution in [2.75, 3.05) is 19.8 Å². The zero-order valence-electron chi connectivity index (χ0n) is 37.2. The van der Waals surface area contributed by atoms with Crippen LogP contribution >= 0.6 is 7.82 Å². The van der Waals surface area contributed by atoms with Crippen LogP contribution in [0.1, 0.15) is 232 Å². The molecule has 0 saturated carbocycles. The average molecular weight is 846 g/mol. The average Bonchev–Trinajstić information content (AvgIpc) is 3.20. The molecule has 0 amide bonds. The van der Waals surface area contributed by atoms with Gasteiger partial charge in [-0.2, -0.15) is 0 Å². The Morgan fingerprint density at radius 1 is 0.517 bits per heavy atom. The molecule has 0 saturated heterocycles. The number of carboxylic acid groups (broad SMARTS) is 1. The van der Waals surface area contributed by atoms with E-state index in [1.54, 1.807) is 0 Å². The standard InChI is InChI=1S/C46H88NO10P/c1-3-5-7-9-11-13-15-16-17-18-19-20-21-22-23-24-25-26-28-29-31-33-35-37-44(48)54-39-42(40-55-58(52,53)56-41-43(47)46(50)51)57-45(49)38-36-34-32-30-27-14-12-10-8-6-4-2/h10,12,42-43H,3-9,11,13-41,47H2,1-2H3,(H,50,51)(H,52,53)/b12-10-. The van der Waals surface area contributed by atoms with Crippen molar-refractivity contribution in [1.82, 2.24) is 0 Å². The minimum atomic E-state index is -4.71. The van der Waals surface area contributed by atoms with Gasteiger partial charge in [0.2, 0.25) is 0 Å². The number of nitrogens with two attached hydrogens (primary N) is 1. The summed E-state index contributed by atoms with van der Waals surface area (Å²) in [6.45, 7) is 2.78. The Bertz CT molecular complexity index is 1040. The summed E-state index contributed by atoms with van der Waals surface area (Å²) < 4.78 is 32.7. The van der Waals surface area contributed by atoms with E-state index in [4.69, 9.17) is 24.8 Å². The van der Waals surface area contributed by atoms with Crippen molar-refractivity contribution < 1.29 is 47.5 Å². The van der Waals surface area contributed by atoms with E-state index in [0.29, 0.717) is 12.8 Å². The number of carboxylic acids is 1. The lowest BCUT2D eigenvalue weighted by atomic mass is 10.0. The van der Waals surface area contributed by atoms with E-state index >= 15 is 0 Å². The third-order valence-electron chi connectivity index (χ3n) is 10.5. The summed E-state index contributed by atoms with van der Waals surface area (Å²) in [6, 6.07) is -1.52. The van der Waals surface area contributed by atoms with Gasteiger partial charge in [0.15, 0.2) is 6.10 Å². The first-order valence-corrected chi connectivity index (χ1v) is 25.2. The smallest absolute Gasteiger partial charge is 0.472 e. The second-order valence-corrected chi connectivity index (χ2v) is 17.7. The Hall–Kier alpha value is -1.78. The van der Waals surface area contributed by atoms with E-state index in [1.807, 2.05) is 0 Å². The van der Waals surface area contributed by atoms with Gasteiger partial charge in [0.05, 0.1) is 13.2 Å². The Kier molecular flexibility index (Phi) is 40.6. The van der Waals surface area contributed by atoms with Gasteiger partial charge in [-0.25, -0.2) is 4.57 Å². The topological polar surface area (TPSA) is 172 Å². The first-order chi connectivity index (χ1) is 28.1. The van der Waals surface area contributed by atoms with Crippen molar-refractivity contribution in [3.8, 4) is 0 Å². The van der Waals surface area contributed by atoms with Crippen LogP contribution in [-0.2, 0) is 37.5 Å². The van der Waals surface area contributed by atoms with Crippen LogP contribution in [-0.4, -0.2) is 59.9 Å². The molecule has 0 aliphatic rings. The number of hydrogen-bond acceptors (Lipinski definition) is 9. The molecular formula is C46H88NO10P. The number of carbonyl (C=O) groups is 3. The molecular weight excluding hydrogens is 757 g/mol. The van der Waals surface area contributed by atoms with Crippen LogP contribution in [0.4, 0.5) is 0 Å². The maximum absolute atomic E-state index is 12.6. The largest absolute Gasteiger partial charge is 0.480 e. The van der Waals surface area contributed by atoms with E-state index in [0.717, 1.165) is 57.8 Å². The highest BCUT2D eigenvalue weighted by Crippen LogP contribution is 2.43. The molecule has 11 nitrogen and oxygen atoms in total. The predicted molar refractivity (Wildman–Crippen MR) is 236 cm³/mol. The van der Waals surface area contributed by atoms with Gasteiger partial charge in [0.1, 0.15) is 12.6 Å². The summed E-state index contributed by atoms with van der Waals surface area (Å²) in [5.74, 6) is -2.38. The molecule has 0 aromatic carbocycles. The van der Waals surface area contributed by atoms with E-state index < -0.39 is 51.1 Å². The number of hydrogen-bond donors (Lipinski definition) is 3. The summed E-state index contributed by atoms with van der Waals surface area (Å²) in [5, 5.41) is 8.89. The number of aliphatic carboxylic acids is 1. The number of carbonyl (C=O) groups excluding carboxylic acids is 2. The lowest BCUT2D eigenvalue weighted by molar-refractivity contribution is -0.161. The molecule has 0 bridgehead atoms. The van der Waals surface area contributed by atoms with E-state index in [9.17, 15) is 23.8 Å². The van der Waals surface area contributed by atoms with Gasteiger partial charge in [-0.1, -0.05) is 199 Å². The van der Waals surface area contributed by atoms with Crippen molar-refractivity contribution >= 4 is 25.7 Å². The number of allylic oxidation sites excluding steroid dienone is 2. The highest BCUT2D eigenvalue weighted by Gasteiger charge is 2.28. The Labute approximate surface area is 354 Å². The fourth-order valence-electron chi connectivity index (χ4n) is 6.75. The fourth-order valence-corrected chi connectivity index (χ4v) is 7.53. The van der Waals surface area contributed by atoms with Crippen LogP contribution in [0.15, 0.2) is 12.2 Å². The van der Waals surface area contributed by atoms with Crippen LogP contribution < -0.4 is 5.73 Å². The van der Waals surface area contributed by atoms with E-state index in [2.05, 4.69) is 30.5 Å². The molecule has 342 valence electrons. The number of unbranched alkanes of at least 4 members (excludes halogenated alkanes) is 29. The van der Waals surface area contributed by atoms with Gasteiger partial charge in [-0.05, 0) is 32.1 Å². The second kappa shape index (κ2) is 41.9. The molecule has 0 aromatic heterocycles. The number of ether oxygens (including phenoxy) is 2. The van der Waals surface area contributed by atoms with Crippen LogP contribution in [0.25, 0.3) is 0 Å². The number of esters is 2. The van der Waals surface area contributed by atoms with Crippen molar-refractivity contribution in [3.63, 3.8) is 0 Å². The van der Waals surface area contributed by atoms with E-state index in [1.165, 1.54) is 135 Å². The van der Waals surface area contributed by atoms with Crippen molar-refractivity contribution in [3.05, 3.63) is 12.2 Å². The van der Waals surface area contributed by atoms with Gasteiger partial charge in [0, 0.05) is 12.8 Å². The number of rotatable bonds is 45. The SMILES string of the molecule is CCCC/C=C\CCCCCCCC(=O)OC(COC(=O)CCCCCCCCCCCCCCCCCCCCCCCCC)COP(=O)(O)OCC(N)C(=O)O. The lowest BCUT2D eigenvalue weighted by Gasteiger charge is -2.20. The molecule has 0 fully saturated rings. The summed E-state index contributed by atoms with van der Waals surface area (Å²) in [5.41, 5.74) is 5.33. The normalized spacial score (nSPS) is 13.7. The van der Waals surface area contributed by atoms with E-state index in [-0.39, 0.29) is 19.4 Å². The highest BCUT2D eigenvalue weighted by atomic mass is 31.2.